The number of hydrogen-bond acceptors (Lipinski definition) is 7. The molecule has 1 fully saturated rings. The summed E-state index contributed by atoms with van der Waals surface area (Å²) in [5.74, 6) is -0.382. The number of aryl methyl sites for hydroxylation is 1. The minimum atomic E-state index is -1.26. The van der Waals surface area contributed by atoms with Gasteiger partial charge in [-0.25, -0.2) is 4.79 Å². The second-order valence-corrected chi connectivity index (χ2v) is 12.2. The third kappa shape index (κ3) is 7.55. The van der Waals surface area contributed by atoms with Crippen molar-refractivity contribution >= 4 is 40.4 Å². The number of fused-ring (bicyclic) bond motifs is 1. The Balaban J connectivity index is 1.36. The molecule has 5 rings (SSSR count). The number of nitrogens with one attached hydrogen (secondary N) is 2. The van der Waals surface area contributed by atoms with Gasteiger partial charge >= 0.3 is 5.97 Å². The topological polar surface area (TPSA) is 121 Å². The highest BCUT2D eigenvalue weighted by Gasteiger charge is 2.31. The second-order valence-electron chi connectivity index (χ2n) is 12.2. The zero-order valence-electron chi connectivity index (χ0n) is 27.6. The zero-order valence-corrected chi connectivity index (χ0v) is 27.6. The van der Waals surface area contributed by atoms with E-state index in [1.54, 1.807) is 45.2 Å². The molecule has 2 heterocycles. The molecule has 10 heteroatoms. The van der Waals surface area contributed by atoms with Crippen molar-refractivity contribution in [1.29, 1.82) is 0 Å². The summed E-state index contributed by atoms with van der Waals surface area (Å²) in [6, 6.07) is 16.8. The first kappa shape index (κ1) is 33.4. The van der Waals surface area contributed by atoms with E-state index in [4.69, 9.17) is 9.47 Å². The molecule has 4 aromatic rings. The highest BCUT2D eigenvalue weighted by molar-refractivity contribution is 6.05. The van der Waals surface area contributed by atoms with Gasteiger partial charge in [-0.3, -0.25) is 14.6 Å². The first-order valence-electron chi connectivity index (χ1n) is 15.8. The van der Waals surface area contributed by atoms with Gasteiger partial charge in [-0.2, -0.15) is 0 Å². The Hall–Kier alpha value is -4.96. The smallest absolute Gasteiger partial charge is 0.330 e. The SMILES string of the molecule is COCCOc1cc(NC(=O)C(C)(C)NC(=O)c2ccc3c(C4CCCC4)c(-c4ccccn4)n(C)c3c2)ccc1C=CC(=O)OC. The van der Waals surface area contributed by atoms with E-state index in [2.05, 4.69) is 24.9 Å². The quantitative estimate of drug-likeness (QED) is 0.107. The van der Waals surface area contributed by atoms with Crippen LogP contribution in [-0.2, 0) is 26.1 Å². The van der Waals surface area contributed by atoms with E-state index in [0.29, 0.717) is 35.1 Å². The number of ether oxygens (including phenoxy) is 3. The van der Waals surface area contributed by atoms with Crippen LogP contribution in [0.15, 0.2) is 66.9 Å². The predicted molar refractivity (Wildman–Crippen MR) is 182 cm³/mol. The number of benzene rings is 2. The van der Waals surface area contributed by atoms with E-state index >= 15 is 0 Å². The number of pyridine rings is 1. The molecule has 1 saturated carbocycles. The number of hydrogen-bond donors (Lipinski definition) is 2. The van der Waals surface area contributed by atoms with E-state index in [-0.39, 0.29) is 12.5 Å². The lowest BCUT2D eigenvalue weighted by molar-refractivity contribution is -0.134. The Kier molecular flexibility index (Phi) is 10.4. The van der Waals surface area contributed by atoms with Crippen LogP contribution in [0.25, 0.3) is 28.4 Å². The van der Waals surface area contributed by atoms with Gasteiger partial charge in [-0.05, 0) is 80.6 Å². The van der Waals surface area contributed by atoms with E-state index in [0.717, 1.165) is 35.1 Å². The van der Waals surface area contributed by atoms with Crippen LogP contribution in [0.5, 0.6) is 5.75 Å². The van der Waals surface area contributed by atoms with Gasteiger partial charge in [0.25, 0.3) is 5.91 Å². The summed E-state index contributed by atoms with van der Waals surface area (Å²) in [5, 5.41) is 6.92. The summed E-state index contributed by atoms with van der Waals surface area (Å²) >= 11 is 0. The lowest BCUT2D eigenvalue weighted by Crippen LogP contribution is -2.52. The van der Waals surface area contributed by atoms with Crippen molar-refractivity contribution in [3.63, 3.8) is 0 Å². The lowest BCUT2D eigenvalue weighted by atomic mass is 9.93. The number of rotatable bonds is 12. The highest BCUT2D eigenvalue weighted by Crippen LogP contribution is 2.44. The van der Waals surface area contributed by atoms with E-state index in [1.807, 2.05) is 49.6 Å². The van der Waals surface area contributed by atoms with E-state index in [9.17, 15) is 14.4 Å². The first-order valence-corrected chi connectivity index (χ1v) is 15.8. The van der Waals surface area contributed by atoms with Gasteiger partial charge in [-0.1, -0.05) is 25.0 Å². The number of amides is 2. The Morgan fingerprint density at radius 3 is 2.51 bits per heavy atom. The number of aromatic nitrogens is 2. The van der Waals surface area contributed by atoms with Gasteiger partial charge in [-0.15, -0.1) is 0 Å². The Bertz CT molecular complexity index is 1790. The molecule has 2 N–H and O–H groups in total. The maximum atomic E-state index is 13.6. The largest absolute Gasteiger partial charge is 0.490 e. The maximum absolute atomic E-state index is 13.6. The van der Waals surface area contributed by atoms with Crippen LogP contribution in [0.2, 0.25) is 0 Å². The van der Waals surface area contributed by atoms with Crippen molar-refractivity contribution < 1.29 is 28.6 Å². The highest BCUT2D eigenvalue weighted by atomic mass is 16.5. The average Bonchev–Trinajstić information content (AvgIpc) is 3.70. The van der Waals surface area contributed by atoms with Gasteiger partial charge < -0.3 is 29.4 Å². The normalized spacial score (nSPS) is 13.6. The summed E-state index contributed by atoms with van der Waals surface area (Å²) in [4.78, 5) is 43.3. The number of carbonyl (C=O) groups is 3. The van der Waals surface area contributed by atoms with Crippen molar-refractivity contribution in [1.82, 2.24) is 14.9 Å². The predicted octanol–water partition coefficient (Wildman–Crippen LogP) is 6.26. The molecule has 47 heavy (non-hydrogen) atoms. The molecule has 1 aliphatic carbocycles. The molecule has 0 unspecified atom stereocenters. The number of nitrogens with zero attached hydrogens (tertiary/aromatic N) is 2. The molecular weight excluding hydrogens is 596 g/mol. The minimum Gasteiger partial charge on any atom is -0.490 e. The first-order chi connectivity index (χ1) is 22.6. The molecule has 0 atom stereocenters. The monoisotopic (exact) mass is 638 g/mol. The molecule has 1 aliphatic rings. The van der Waals surface area contributed by atoms with Crippen molar-refractivity contribution in [2.24, 2.45) is 7.05 Å². The van der Waals surface area contributed by atoms with E-state index < -0.39 is 17.4 Å². The van der Waals surface area contributed by atoms with Crippen molar-refractivity contribution in [2.45, 2.75) is 51.0 Å². The molecule has 246 valence electrons. The molecule has 2 amide bonds. The molecule has 0 bridgehead atoms. The molecule has 0 spiro atoms. The number of esters is 1. The second kappa shape index (κ2) is 14.6. The fraction of sp³-hybridized carbons (Fsp3) is 0.351. The third-order valence-corrected chi connectivity index (χ3v) is 8.58. The summed E-state index contributed by atoms with van der Waals surface area (Å²) < 4.78 is 17.7. The van der Waals surface area contributed by atoms with Crippen LogP contribution in [0.1, 0.15) is 66.9 Å². The Morgan fingerprint density at radius 2 is 1.81 bits per heavy atom. The molecule has 2 aromatic carbocycles. The van der Waals surface area contributed by atoms with Gasteiger partial charge in [0.1, 0.15) is 17.9 Å². The Labute approximate surface area is 275 Å². The fourth-order valence-electron chi connectivity index (χ4n) is 6.08. The van der Waals surface area contributed by atoms with Crippen molar-refractivity contribution in [2.75, 3.05) is 32.8 Å². The van der Waals surface area contributed by atoms with Crippen LogP contribution in [0, 0.1) is 0 Å². The molecule has 0 aliphatic heterocycles. The molecular formula is C37H42N4O6. The van der Waals surface area contributed by atoms with Gasteiger partial charge in [0.05, 0.1) is 25.1 Å². The van der Waals surface area contributed by atoms with Crippen LogP contribution >= 0.6 is 0 Å². The van der Waals surface area contributed by atoms with Gasteiger partial charge in [0, 0.05) is 60.2 Å². The zero-order chi connectivity index (χ0) is 33.6. The van der Waals surface area contributed by atoms with E-state index in [1.165, 1.54) is 31.6 Å². The van der Waals surface area contributed by atoms with Crippen LogP contribution < -0.4 is 15.4 Å². The molecule has 10 nitrogen and oxygen atoms in total. The van der Waals surface area contributed by atoms with Crippen molar-refractivity contribution in [3.05, 3.63) is 83.6 Å². The fourth-order valence-corrected chi connectivity index (χ4v) is 6.08. The van der Waals surface area contributed by atoms with Crippen LogP contribution in [0.4, 0.5) is 5.69 Å². The molecule has 0 radical (unpaired) electrons. The lowest BCUT2D eigenvalue weighted by Gasteiger charge is -2.25. The Morgan fingerprint density at radius 1 is 1.02 bits per heavy atom. The number of anilines is 1. The molecule has 0 saturated heterocycles. The van der Waals surface area contributed by atoms with Gasteiger partial charge in [0.2, 0.25) is 5.91 Å². The standard InChI is InChI=1S/C37H42N4O6/c1-37(2,36(44)39-27-16-13-24(15-18-32(42)46-5)31(23-27)47-21-20-45-4)40-35(43)26-14-17-28-30(22-26)41(3)34(29-12-8-9-19-38-29)33(28)25-10-6-7-11-25/h8-9,12-19,22-23,25H,6-7,10-11,20-21H2,1-5H3,(H,39,44)(H,40,43). The third-order valence-electron chi connectivity index (χ3n) is 8.58. The van der Waals surface area contributed by atoms with Crippen molar-refractivity contribution in [3.8, 4) is 17.1 Å². The number of carbonyl (C=O) groups excluding carboxylic acids is 3. The minimum absolute atomic E-state index is 0.269. The summed E-state index contributed by atoms with van der Waals surface area (Å²) in [6.07, 6.45) is 9.36. The van der Waals surface area contributed by atoms with Gasteiger partial charge in [0.15, 0.2) is 0 Å². The van der Waals surface area contributed by atoms with Crippen LogP contribution in [-0.4, -0.2) is 60.3 Å². The summed E-state index contributed by atoms with van der Waals surface area (Å²) in [7, 11) is 4.89. The number of methoxy groups -OCH3 is 2. The summed E-state index contributed by atoms with van der Waals surface area (Å²) in [5.41, 5.74) is 4.53. The molecule has 2 aromatic heterocycles. The maximum Gasteiger partial charge on any atom is 0.330 e. The summed E-state index contributed by atoms with van der Waals surface area (Å²) in [6.45, 7) is 3.94. The average molecular weight is 639 g/mol. The van der Waals surface area contributed by atoms with Crippen LogP contribution in [0.3, 0.4) is 0 Å².